The monoisotopic (exact) mass is 474 g/mol. The van der Waals surface area contributed by atoms with Crippen molar-refractivity contribution in [3.63, 3.8) is 0 Å². The molecule has 0 atom stereocenters. The molecule has 0 fully saturated rings. The van der Waals surface area contributed by atoms with Crippen LogP contribution in [0.3, 0.4) is 0 Å². The van der Waals surface area contributed by atoms with Crippen molar-refractivity contribution in [2.45, 2.75) is 13.3 Å². The van der Waals surface area contributed by atoms with Crippen molar-refractivity contribution in [1.82, 2.24) is 20.3 Å². The summed E-state index contributed by atoms with van der Waals surface area (Å²) in [6, 6.07) is 11.2. The Balaban J connectivity index is 1.88. The highest BCUT2D eigenvalue weighted by molar-refractivity contribution is 7.70. The smallest absolute Gasteiger partial charge is 0.238 e. The maximum atomic E-state index is 12.7. The molecule has 0 radical (unpaired) electrons. The zero-order valence-corrected chi connectivity index (χ0v) is 20.3. The second-order valence-electron chi connectivity index (χ2n) is 7.45. The van der Waals surface area contributed by atoms with Crippen molar-refractivity contribution in [2.75, 3.05) is 44.2 Å². The van der Waals surface area contributed by atoms with E-state index in [1.165, 1.54) is 6.20 Å². The summed E-state index contributed by atoms with van der Waals surface area (Å²) >= 11 is 6.34. The van der Waals surface area contributed by atoms with Crippen molar-refractivity contribution >= 4 is 47.2 Å². The van der Waals surface area contributed by atoms with Crippen LogP contribution in [0.25, 0.3) is 0 Å². The predicted molar refractivity (Wildman–Crippen MR) is 132 cm³/mol. The van der Waals surface area contributed by atoms with Gasteiger partial charge in [0.05, 0.1) is 18.5 Å². The molecule has 32 heavy (non-hydrogen) atoms. The van der Waals surface area contributed by atoms with E-state index in [-0.39, 0.29) is 0 Å². The van der Waals surface area contributed by atoms with Crippen LogP contribution in [0.4, 0.5) is 23.1 Å². The summed E-state index contributed by atoms with van der Waals surface area (Å²) in [5.74, 6) is 1.22. The van der Waals surface area contributed by atoms with Gasteiger partial charge in [-0.25, -0.2) is 9.97 Å². The topological polar surface area (TPSA) is 101 Å². The number of benzene rings is 1. The number of nitrogens with one attached hydrogen (secondary N) is 3. The SMILES string of the molecule is CCOc1nc(CCNC)ccc1Nc1ncc(Cl)c(Nc2ccccc2P(C)(C)=O)n1. The van der Waals surface area contributed by atoms with Gasteiger partial charge in [-0.3, -0.25) is 0 Å². The van der Waals surface area contributed by atoms with E-state index in [2.05, 4.69) is 30.9 Å². The van der Waals surface area contributed by atoms with E-state index in [9.17, 15) is 4.57 Å². The number of anilines is 4. The summed E-state index contributed by atoms with van der Waals surface area (Å²) in [6.45, 7) is 6.67. The minimum absolute atomic E-state index is 0.330. The fourth-order valence-corrected chi connectivity index (χ4v) is 4.32. The second-order valence-corrected chi connectivity index (χ2v) is 11.0. The molecule has 1 aromatic carbocycles. The Morgan fingerprint density at radius 3 is 2.56 bits per heavy atom. The number of nitrogens with zero attached hydrogens (tertiary/aromatic N) is 3. The molecule has 0 aliphatic carbocycles. The molecule has 10 heteroatoms. The van der Waals surface area contributed by atoms with Gasteiger partial charge in [-0.15, -0.1) is 0 Å². The van der Waals surface area contributed by atoms with Crippen molar-refractivity contribution < 1.29 is 9.30 Å². The summed E-state index contributed by atoms with van der Waals surface area (Å²) < 4.78 is 18.4. The van der Waals surface area contributed by atoms with Gasteiger partial charge in [-0.1, -0.05) is 23.7 Å². The Hall–Kier alpha value is -2.67. The standard InChI is InChI=1S/C22H28ClN6O2P/c1-5-31-21-18(11-10-15(26-21)12-13-24-2)28-22-25-14-16(23)20(29-22)27-17-8-6-7-9-19(17)32(3,4)30/h6-11,14,24H,5,12-13H2,1-4H3,(H2,25,27,28,29). The van der Waals surface area contributed by atoms with E-state index in [0.29, 0.717) is 40.7 Å². The molecule has 3 aromatic rings. The lowest BCUT2D eigenvalue weighted by Gasteiger charge is -2.16. The van der Waals surface area contributed by atoms with Crippen LogP contribution in [-0.2, 0) is 11.0 Å². The zero-order chi connectivity index (χ0) is 23.1. The van der Waals surface area contributed by atoms with E-state index in [1.807, 2.05) is 50.4 Å². The number of pyridine rings is 1. The molecule has 0 saturated heterocycles. The van der Waals surface area contributed by atoms with Crippen molar-refractivity contribution in [2.24, 2.45) is 0 Å². The Morgan fingerprint density at radius 2 is 1.84 bits per heavy atom. The average Bonchev–Trinajstić information content (AvgIpc) is 2.76. The summed E-state index contributed by atoms with van der Waals surface area (Å²) in [6.07, 6.45) is 2.30. The quantitative estimate of drug-likeness (QED) is 0.371. The number of likely N-dealkylation sites (N-methyl/N-ethyl adjacent to an activating group) is 1. The normalized spacial score (nSPS) is 11.3. The molecular weight excluding hydrogens is 447 g/mol. The number of rotatable bonds is 10. The second kappa shape index (κ2) is 10.8. The molecule has 2 aromatic heterocycles. The minimum atomic E-state index is -2.50. The molecule has 0 aliphatic rings. The van der Waals surface area contributed by atoms with E-state index < -0.39 is 7.14 Å². The van der Waals surface area contributed by atoms with Gasteiger partial charge in [0.1, 0.15) is 17.9 Å². The number of aromatic nitrogens is 3. The van der Waals surface area contributed by atoms with Crippen LogP contribution < -0.4 is 26.0 Å². The van der Waals surface area contributed by atoms with Crippen LogP contribution in [0.15, 0.2) is 42.6 Å². The molecule has 0 amide bonds. The molecular formula is C22H28ClN6O2P. The van der Waals surface area contributed by atoms with Crippen LogP contribution in [0, 0.1) is 0 Å². The Kier molecular flexibility index (Phi) is 8.07. The lowest BCUT2D eigenvalue weighted by atomic mass is 10.2. The maximum absolute atomic E-state index is 12.7. The molecule has 8 nitrogen and oxygen atoms in total. The summed E-state index contributed by atoms with van der Waals surface area (Å²) in [5.41, 5.74) is 2.27. The molecule has 0 aliphatic heterocycles. The van der Waals surface area contributed by atoms with E-state index in [1.54, 1.807) is 13.3 Å². The summed E-state index contributed by atoms with van der Waals surface area (Å²) in [7, 11) is -0.592. The Morgan fingerprint density at radius 1 is 1.06 bits per heavy atom. The minimum Gasteiger partial charge on any atom is -0.476 e. The first-order chi connectivity index (χ1) is 15.3. The van der Waals surface area contributed by atoms with Gasteiger partial charge in [0, 0.05) is 24.0 Å². The maximum Gasteiger partial charge on any atom is 0.238 e. The van der Waals surface area contributed by atoms with Crippen LogP contribution in [0.1, 0.15) is 12.6 Å². The van der Waals surface area contributed by atoms with Crippen molar-refractivity contribution in [3.05, 3.63) is 53.3 Å². The van der Waals surface area contributed by atoms with Crippen LogP contribution in [0.5, 0.6) is 5.88 Å². The van der Waals surface area contributed by atoms with E-state index in [0.717, 1.165) is 24.0 Å². The molecule has 2 heterocycles. The van der Waals surface area contributed by atoms with Crippen LogP contribution in [-0.4, -0.2) is 48.5 Å². The molecule has 3 rings (SSSR count). The highest BCUT2D eigenvalue weighted by Gasteiger charge is 2.17. The first kappa shape index (κ1) is 24.0. The average molecular weight is 475 g/mol. The van der Waals surface area contributed by atoms with Gasteiger partial charge >= 0.3 is 0 Å². The number of para-hydroxylation sites is 1. The van der Waals surface area contributed by atoms with Crippen LogP contribution in [0.2, 0.25) is 5.02 Å². The summed E-state index contributed by atoms with van der Waals surface area (Å²) in [4.78, 5) is 13.4. The molecule has 0 unspecified atom stereocenters. The van der Waals surface area contributed by atoms with Gasteiger partial charge in [0.15, 0.2) is 5.82 Å². The third-order valence-electron chi connectivity index (χ3n) is 4.56. The van der Waals surface area contributed by atoms with Gasteiger partial charge < -0.3 is 25.3 Å². The Bertz CT molecular complexity index is 1120. The molecule has 0 bridgehead atoms. The Labute approximate surface area is 193 Å². The van der Waals surface area contributed by atoms with Gasteiger partial charge in [-0.05, 0) is 51.6 Å². The molecule has 0 saturated carbocycles. The van der Waals surface area contributed by atoms with E-state index >= 15 is 0 Å². The van der Waals surface area contributed by atoms with E-state index in [4.69, 9.17) is 16.3 Å². The number of hydrogen-bond donors (Lipinski definition) is 3. The zero-order valence-electron chi connectivity index (χ0n) is 18.6. The predicted octanol–water partition coefficient (Wildman–Crippen LogP) is 4.42. The number of halogens is 1. The first-order valence-corrected chi connectivity index (χ1v) is 13.3. The largest absolute Gasteiger partial charge is 0.476 e. The highest BCUT2D eigenvalue weighted by atomic mass is 35.5. The lowest BCUT2D eigenvalue weighted by molar-refractivity contribution is 0.327. The summed E-state index contributed by atoms with van der Waals surface area (Å²) in [5, 5.41) is 10.5. The van der Waals surface area contributed by atoms with Crippen molar-refractivity contribution in [3.8, 4) is 5.88 Å². The molecule has 3 N–H and O–H groups in total. The highest BCUT2D eigenvalue weighted by Crippen LogP contribution is 2.38. The van der Waals surface area contributed by atoms with Gasteiger partial charge in [0.2, 0.25) is 11.8 Å². The third kappa shape index (κ3) is 6.19. The van der Waals surface area contributed by atoms with Crippen LogP contribution >= 0.6 is 18.7 Å². The molecule has 0 spiro atoms. The molecule has 170 valence electrons. The first-order valence-electron chi connectivity index (χ1n) is 10.3. The number of hydrogen-bond acceptors (Lipinski definition) is 8. The number of ether oxygens (including phenoxy) is 1. The fraction of sp³-hybridized carbons (Fsp3) is 0.318. The fourth-order valence-electron chi connectivity index (χ4n) is 3.02. The van der Waals surface area contributed by atoms with Crippen molar-refractivity contribution in [1.29, 1.82) is 0 Å². The third-order valence-corrected chi connectivity index (χ3v) is 6.38. The van der Waals surface area contributed by atoms with Gasteiger partial charge in [0.25, 0.3) is 0 Å². The van der Waals surface area contributed by atoms with Gasteiger partial charge in [-0.2, -0.15) is 4.98 Å². The lowest BCUT2D eigenvalue weighted by Crippen LogP contribution is -2.12.